The number of esters is 2. The minimum Gasteiger partial charge on any atom is -0.756 e. The average Bonchev–Trinajstić information content (AvgIpc) is 3.39. The van der Waals surface area contributed by atoms with Crippen molar-refractivity contribution >= 4 is 19.8 Å². The van der Waals surface area contributed by atoms with Crippen LogP contribution in [0, 0.1) is 0 Å². The van der Waals surface area contributed by atoms with Crippen molar-refractivity contribution in [2.24, 2.45) is 0 Å². The van der Waals surface area contributed by atoms with Gasteiger partial charge in [0.2, 0.25) is 0 Å². The quantitative estimate of drug-likeness (QED) is 0.0256. The smallest absolute Gasteiger partial charge is 0.306 e. The molecule has 2 unspecified atom stereocenters. The molecule has 0 saturated carbocycles. The SMILES string of the molecule is CCCCCCCCCCCCCCCCCCCCCCCCCCCCCC(=O)OC(COC(=O)CCCCCCCCCCCCCCCCCCCCCCCCCCCC)COP(=O)([O-])OCC[N+](C)(C)C. The van der Waals surface area contributed by atoms with E-state index in [0.29, 0.717) is 17.4 Å². The molecule has 460 valence electrons. The molecule has 0 radical (unpaired) electrons. The Hall–Kier alpha value is -0.990. The molecule has 0 saturated heterocycles. The number of unbranched alkanes of at least 4 members (excludes halogenated alkanes) is 51. The number of carbonyl (C=O) groups is 2. The molecule has 2 atom stereocenters. The van der Waals surface area contributed by atoms with E-state index in [9.17, 15) is 19.0 Å². The first-order valence-corrected chi connectivity index (χ1v) is 35.7. The summed E-state index contributed by atoms with van der Waals surface area (Å²) in [6.45, 7) is 4.34. The molecule has 0 aliphatic heterocycles. The van der Waals surface area contributed by atoms with E-state index in [1.165, 1.54) is 302 Å². The molecule has 0 bridgehead atoms. The molecule has 0 aromatic carbocycles. The van der Waals surface area contributed by atoms with Crippen LogP contribution in [0.1, 0.15) is 367 Å². The molecule has 0 aromatic heterocycles. The van der Waals surface area contributed by atoms with E-state index in [1.807, 2.05) is 21.1 Å². The van der Waals surface area contributed by atoms with Gasteiger partial charge in [-0.25, -0.2) is 0 Å². The highest BCUT2D eigenvalue weighted by Gasteiger charge is 2.22. The van der Waals surface area contributed by atoms with Crippen LogP contribution < -0.4 is 4.89 Å². The van der Waals surface area contributed by atoms with Crippen LogP contribution in [-0.4, -0.2) is 70.0 Å². The van der Waals surface area contributed by atoms with Crippen molar-refractivity contribution in [1.82, 2.24) is 0 Å². The highest BCUT2D eigenvalue weighted by atomic mass is 31.2. The summed E-state index contributed by atoms with van der Waals surface area (Å²) in [5, 5.41) is 0. The van der Waals surface area contributed by atoms with Crippen LogP contribution in [0.5, 0.6) is 0 Å². The van der Waals surface area contributed by atoms with Gasteiger partial charge in [0.05, 0.1) is 27.7 Å². The molecule has 77 heavy (non-hydrogen) atoms. The summed E-state index contributed by atoms with van der Waals surface area (Å²) in [5.41, 5.74) is 0. The largest absolute Gasteiger partial charge is 0.756 e. The lowest BCUT2D eigenvalue weighted by atomic mass is 10.0. The second-order valence-corrected chi connectivity index (χ2v) is 26.3. The van der Waals surface area contributed by atoms with E-state index in [4.69, 9.17) is 18.5 Å². The number of rotatable bonds is 65. The molecular weight excluding hydrogens is 978 g/mol. The zero-order valence-corrected chi connectivity index (χ0v) is 53.4. The van der Waals surface area contributed by atoms with Crippen LogP contribution in [0.15, 0.2) is 0 Å². The van der Waals surface area contributed by atoms with Crippen molar-refractivity contribution in [3.63, 3.8) is 0 Å². The molecule has 0 aromatic rings. The topological polar surface area (TPSA) is 111 Å². The van der Waals surface area contributed by atoms with Gasteiger partial charge in [0.1, 0.15) is 19.8 Å². The predicted octanol–water partition coefficient (Wildman–Crippen LogP) is 21.1. The van der Waals surface area contributed by atoms with E-state index < -0.39 is 26.5 Å². The summed E-state index contributed by atoms with van der Waals surface area (Å²) in [7, 11) is 1.20. The summed E-state index contributed by atoms with van der Waals surface area (Å²) in [6.07, 6.45) is 70.4. The Morgan fingerprint density at radius 1 is 0.351 bits per heavy atom. The second kappa shape index (κ2) is 59.6. The first-order valence-electron chi connectivity index (χ1n) is 34.2. The van der Waals surface area contributed by atoms with Gasteiger partial charge < -0.3 is 27.9 Å². The number of quaternary nitrogens is 1. The average molecular weight is 1110 g/mol. The van der Waals surface area contributed by atoms with Crippen LogP contribution in [0.25, 0.3) is 0 Å². The highest BCUT2D eigenvalue weighted by Crippen LogP contribution is 2.38. The summed E-state index contributed by atoms with van der Waals surface area (Å²) < 4.78 is 34.3. The van der Waals surface area contributed by atoms with Gasteiger partial charge in [0, 0.05) is 12.8 Å². The van der Waals surface area contributed by atoms with Gasteiger partial charge in [-0.05, 0) is 12.8 Å². The van der Waals surface area contributed by atoms with Crippen LogP contribution in [0.2, 0.25) is 0 Å². The molecule has 10 heteroatoms. The van der Waals surface area contributed by atoms with E-state index in [-0.39, 0.29) is 32.0 Å². The number of hydrogen-bond donors (Lipinski definition) is 0. The van der Waals surface area contributed by atoms with Gasteiger partial charge in [0.15, 0.2) is 6.10 Å². The van der Waals surface area contributed by atoms with Gasteiger partial charge in [-0.2, -0.15) is 0 Å². The molecule has 0 amide bonds. The molecule has 0 aliphatic rings. The Morgan fingerprint density at radius 3 is 0.831 bits per heavy atom. The molecular formula is C67H134NO8P. The van der Waals surface area contributed by atoms with E-state index in [2.05, 4.69) is 13.8 Å². The third-order valence-corrected chi connectivity index (χ3v) is 16.8. The monoisotopic (exact) mass is 1110 g/mol. The van der Waals surface area contributed by atoms with Gasteiger partial charge in [-0.1, -0.05) is 341 Å². The summed E-state index contributed by atoms with van der Waals surface area (Å²) in [5.74, 6) is -0.804. The highest BCUT2D eigenvalue weighted by molar-refractivity contribution is 7.45. The minimum absolute atomic E-state index is 0.0248. The molecule has 0 heterocycles. The number of ether oxygens (including phenoxy) is 2. The lowest BCUT2D eigenvalue weighted by Crippen LogP contribution is -2.37. The standard InChI is InChI=1S/C67H134NO8P/c1-6-8-10-12-14-16-18-20-22-24-26-28-30-32-34-36-38-40-42-44-46-48-50-52-54-56-58-60-67(70)76-65(64-75-77(71,72)74-62-61-68(3,4)5)63-73-66(69)59-57-55-53-51-49-47-45-43-41-39-37-35-33-31-29-27-25-23-21-19-17-15-13-11-9-7-2/h65H,6-64H2,1-5H3. The van der Waals surface area contributed by atoms with Crippen molar-refractivity contribution in [3.8, 4) is 0 Å². The first-order chi connectivity index (χ1) is 37.5. The first kappa shape index (κ1) is 76.0. The molecule has 0 spiro atoms. The van der Waals surface area contributed by atoms with E-state index >= 15 is 0 Å². The second-order valence-electron chi connectivity index (χ2n) is 24.9. The van der Waals surface area contributed by atoms with Crippen LogP contribution >= 0.6 is 7.82 Å². The zero-order chi connectivity index (χ0) is 56.3. The van der Waals surface area contributed by atoms with Crippen molar-refractivity contribution < 1.29 is 42.1 Å². The number of phosphoric ester groups is 1. The van der Waals surface area contributed by atoms with E-state index in [0.717, 1.165) is 32.1 Å². The number of nitrogens with zero attached hydrogens (tertiary/aromatic N) is 1. The lowest BCUT2D eigenvalue weighted by Gasteiger charge is -2.28. The van der Waals surface area contributed by atoms with Gasteiger partial charge in [-0.3, -0.25) is 14.2 Å². The van der Waals surface area contributed by atoms with Crippen molar-refractivity contribution in [3.05, 3.63) is 0 Å². The Kier molecular flexibility index (Phi) is 58.9. The normalized spacial score (nSPS) is 13.1. The Balaban J connectivity index is 3.99. The van der Waals surface area contributed by atoms with Crippen LogP contribution in [0.4, 0.5) is 0 Å². The molecule has 0 N–H and O–H groups in total. The fourth-order valence-electron chi connectivity index (χ4n) is 10.6. The Labute approximate surface area is 480 Å². The fraction of sp³-hybridized carbons (Fsp3) is 0.970. The maximum absolute atomic E-state index is 12.8. The number of phosphoric acid groups is 1. The Bertz CT molecular complexity index is 1260. The fourth-order valence-corrected chi connectivity index (χ4v) is 11.3. The number of carbonyl (C=O) groups excluding carboxylic acids is 2. The summed E-state index contributed by atoms with van der Waals surface area (Å²) in [6, 6.07) is 0. The summed E-state index contributed by atoms with van der Waals surface area (Å²) in [4.78, 5) is 38.0. The summed E-state index contributed by atoms with van der Waals surface area (Å²) >= 11 is 0. The molecule has 0 fully saturated rings. The lowest BCUT2D eigenvalue weighted by molar-refractivity contribution is -0.870. The maximum atomic E-state index is 12.8. The zero-order valence-electron chi connectivity index (χ0n) is 52.5. The van der Waals surface area contributed by atoms with Gasteiger partial charge in [-0.15, -0.1) is 0 Å². The van der Waals surface area contributed by atoms with Crippen molar-refractivity contribution in [1.29, 1.82) is 0 Å². The van der Waals surface area contributed by atoms with Crippen molar-refractivity contribution in [2.45, 2.75) is 373 Å². The Morgan fingerprint density at radius 2 is 0.584 bits per heavy atom. The van der Waals surface area contributed by atoms with Gasteiger partial charge in [0.25, 0.3) is 7.82 Å². The third kappa shape index (κ3) is 64.1. The number of hydrogen-bond acceptors (Lipinski definition) is 8. The van der Waals surface area contributed by atoms with Crippen LogP contribution in [0.3, 0.4) is 0 Å². The minimum atomic E-state index is -4.63. The van der Waals surface area contributed by atoms with Crippen molar-refractivity contribution in [2.75, 3.05) is 47.5 Å². The predicted molar refractivity (Wildman–Crippen MR) is 329 cm³/mol. The molecule has 0 rings (SSSR count). The molecule has 0 aliphatic carbocycles. The maximum Gasteiger partial charge on any atom is 0.306 e. The molecule has 9 nitrogen and oxygen atoms in total. The van der Waals surface area contributed by atoms with E-state index in [1.54, 1.807) is 0 Å². The third-order valence-electron chi connectivity index (χ3n) is 15.9. The van der Waals surface area contributed by atoms with Crippen LogP contribution in [-0.2, 0) is 32.7 Å². The van der Waals surface area contributed by atoms with Gasteiger partial charge >= 0.3 is 11.9 Å². The number of likely N-dealkylation sites (N-methyl/N-ethyl adjacent to an activating group) is 1.